The van der Waals surface area contributed by atoms with Gasteiger partial charge in [0.1, 0.15) is 0 Å². The van der Waals surface area contributed by atoms with Crippen molar-refractivity contribution in [2.75, 3.05) is 50.0 Å². The molecule has 1 aliphatic rings. The first-order chi connectivity index (χ1) is 17.0. The van der Waals surface area contributed by atoms with Gasteiger partial charge in [-0.25, -0.2) is 9.78 Å². The number of nitrogens with one attached hydrogen (secondary N) is 2. The van der Waals surface area contributed by atoms with Gasteiger partial charge in [-0.2, -0.15) is 4.98 Å². The Morgan fingerprint density at radius 3 is 2.72 bits per heavy atom. The Labute approximate surface area is 221 Å². The Balaban J connectivity index is 1.20. The molecule has 0 saturated carbocycles. The number of urea groups is 1. The maximum atomic E-state index is 12.2. The minimum atomic E-state index is -0.834. The van der Waals surface area contributed by atoms with Crippen LogP contribution in [0.3, 0.4) is 0 Å². The molecule has 2 aromatic heterocycles. The summed E-state index contributed by atoms with van der Waals surface area (Å²) in [6, 6.07) is 9.67. The molecule has 36 heavy (non-hydrogen) atoms. The quantitative estimate of drug-likeness (QED) is 0.288. The van der Waals surface area contributed by atoms with Crippen molar-refractivity contribution < 1.29 is 9.90 Å². The topological polar surface area (TPSA) is 93.6 Å². The smallest absolute Gasteiger partial charge is 0.319 e. The first-order valence-electron chi connectivity index (χ1n) is 12.2. The van der Waals surface area contributed by atoms with Crippen molar-refractivity contribution in [2.24, 2.45) is 0 Å². The molecule has 1 aliphatic heterocycles. The minimum Gasteiger partial charge on any atom is -0.387 e. The minimum absolute atomic E-state index is 0.0803. The fraction of sp³-hybridized carbons (Fsp3) is 0.500. The molecule has 10 heteroatoms. The highest BCUT2D eigenvalue weighted by molar-refractivity contribution is 7.17. The third kappa shape index (κ3) is 6.64. The number of amides is 2. The summed E-state index contributed by atoms with van der Waals surface area (Å²) in [7, 11) is 2.00. The van der Waals surface area contributed by atoms with E-state index >= 15 is 0 Å². The Bertz CT molecular complexity index is 1200. The molecular formula is C26H35ClN6O2S. The van der Waals surface area contributed by atoms with E-state index in [1.165, 1.54) is 5.56 Å². The number of nitrogens with zero attached hydrogens (tertiary/aromatic N) is 4. The van der Waals surface area contributed by atoms with Gasteiger partial charge in [-0.05, 0) is 72.6 Å². The molecule has 0 bridgehead atoms. The molecule has 1 saturated heterocycles. The van der Waals surface area contributed by atoms with Crippen molar-refractivity contribution in [3.8, 4) is 0 Å². The molecule has 1 aromatic carbocycles. The van der Waals surface area contributed by atoms with Gasteiger partial charge in [0, 0.05) is 31.9 Å². The fourth-order valence-electron chi connectivity index (χ4n) is 4.56. The molecule has 2 amide bonds. The highest BCUT2D eigenvalue weighted by Gasteiger charge is 2.38. The van der Waals surface area contributed by atoms with Crippen LogP contribution in [0, 0.1) is 0 Å². The van der Waals surface area contributed by atoms with Crippen LogP contribution in [0.5, 0.6) is 0 Å². The lowest BCUT2D eigenvalue weighted by Gasteiger charge is -2.29. The lowest BCUT2D eigenvalue weighted by molar-refractivity contribution is 0.0298. The zero-order chi connectivity index (χ0) is 25.9. The molecule has 3 N–H and O–H groups in total. The summed E-state index contributed by atoms with van der Waals surface area (Å²) >= 11 is 7.71. The summed E-state index contributed by atoms with van der Waals surface area (Å²) < 4.78 is 0.992. The van der Waals surface area contributed by atoms with Crippen LogP contribution in [-0.4, -0.2) is 71.4 Å². The van der Waals surface area contributed by atoms with Gasteiger partial charge in [-0.1, -0.05) is 32.9 Å². The summed E-state index contributed by atoms with van der Waals surface area (Å²) in [5.41, 5.74) is 2.08. The third-order valence-electron chi connectivity index (χ3n) is 6.47. The summed E-state index contributed by atoms with van der Waals surface area (Å²) in [6.07, 6.45) is 1.44. The van der Waals surface area contributed by atoms with Gasteiger partial charge in [0.25, 0.3) is 0 Å². The first-order valence-corrected chi connectivity index (χ1v) is 13.5. The number of aromatic nitrogens is 2. The second kappa shape index (κ2) is 10.9. The Kier molecular flexibility index (Phi) is 8.04. The SMILES string of the molecule is CN(CCCNC(=O)Nc1ccc(C(C)(C)C)cc1)CC1(O)CCN(c2nc(Cl)nc3ccsc23)C1. The number of rotatable bonds is 8. The van der Waals surface area contributed by atoms with Gasteiger partial charge >= 0.3 is 6.03 Å². The lowest BCUT2D eigenvalue weighted by atomic mass is 9.87. The lowest BCUT2D eigenvalue weighted by Crippen LogP contribution is -2.44. The van der Waals surface area contributed by atoms with Gasteiger partial charge in [0.2, 0.25) is 5.28 Å². The number of carbonyl (C=O) groups is 1. The third-order valence-corrected chi connectivity index (χ3v) is 7.53. The van der Waals surface area contributed by atoms with E-state index < -0.39 is 5.60 Å². The van der Waals surface area contributed by atoms with Gasteiger partial charge in [0.05, 0.1) is 15.8 Å². The zero-order valence-corrected chi connectivity index (χ0v) is 22.9. The highest BCUT2D eigenvalue weighted by atomic mass is 35.5. The average molecular weight is 531 g/mol. The van der Waals surface area contributed by atoms with Gasteiger partial charge < -0.3 is 25.5 Å². The standard InChI is InChI=1S/C26H35ClN6O2S/c1-25(2,3)18-6-8-19(9-7-18)29-24(34)28-12-5-13-32(4)16-26(35)11-14-33(17-26)22-21-20(10-15-36-21)30-23(27)31-22/h6-10,15,35H,5,11-14,16-17H2,1-4H3,(H2,28,29,34). The van der Waals surface area contributed by atoms with Crippen LogP contribution >= 0.6 is 22.9 Å². The number of hydrogen-bond acceptors (Lipinski definition) is 7. The van der Waals surface area contributed by atoms with Crippen LogP contribution in [0.4, 0.5) is 16.3 Å². The number of fused-ring (bicyclic) bond motifs is 1. The highest BCUT2D eigenvalue weighted by Crippen LogP contribution is 2.34. The molecule has 3 heterocycles. The number of halogens is 1. The Hall–Kier alpha value is -2.46. The summed E-state index contributed by atoms with van der Waals surface area (Å²) in [5.74, 6) is 0.793. The molecule has 4 rings (SSSR count). The van der Waals surface area contributed by atoms with Crippen LogP contribution in [0.15, 0.2) is 35.7 Å². The van der Waals surface area contributed by atoms with E-state index in [1.807, 2.05) is 42.8 Å². The van der Waals surface area contributed by atoms with Crippen molar-refractivity contribution in [2.45, 2.75) is 44.6 Å². The van der Waals surface area contributed by atoms with E-state index in [2.05, 4.69) is 51.2 Å². The molecule has 0 aliphatic carbocycles. The van der Waals surface area contributed by atoms with Crippen molar-refractivity contribution in [1.82, 2.24) is 20.2 Å². The number of carbonyl (C=O) groups excluding carboxylic acids is 1. The molecule has 0 spiro atoms. The van der Waals surface area contributed by atoms with E-state index in [-0.39, 0.29) is 16.7 Å². The number of anilines is 2. The Morgan fingerprint density at radius 2 is 2.00 bits per heavy atom. The average Bonchev–Trinajstić information content (AvgIpc) is 3.42. The molecular weight excluding hydrogens is 496 g/mol. The fourth-order valence-corrected chi connectivity index (χ4v) is 5.58. The van der Waals surface area contributed by atoms with Crippen molar-refractivity contribution in [3.05, 3.63) is 46.6 Å². The molecule has 194 valence electrons. The summed E-state index contributed by atoms with van der Waals surface area (Å²) in [5, 5.41) is 19.2. The zero-order valence-electron chi connectivity index (χ0n) is 21.3. The van der Waals surface area contributed by atoms with Crippen LogP contribution in [-0.2, 0) is 5.41 Å². The molecule has 3 aromatic rings. The number of hydrogen-bond donors (Lipinski definition) is 3. The second-order valence-corrected chi connectivity index (χ2v) is 11.9. The monoisotopic (exact) mass is 530 g/mol. The van der Waals surface area contributed by atoms with Crippen LogP contribution in [0.1, 0.15) is 39.2 Å². The number of thiophene rings is 1. The van der Waals surface area contributed by atoms with E-state index in [9.17, 15) is 9.90 Å². The largest absolute Gasteiger partial charge is 0.387 e. The van der Waals surface area contributed by atoms with E-state index in [0.29, 0.717) is 32.6 Å². The molecule has 1 atom stereocenters. The van der Waals surface area contributed by atoms with E-state index in [4.69, 9.17) is 11.6 Å². The van der Waals surface area contributed by atoms with Crippen LogP contribution < -0.4 is 15.5 Å². The van der Waals surface area contributed by atoms with Gasteiger partial charge in [-0.3, -0.25) is 0 Å². The molecule has 1 unspecified atom stereocenters. The number of β-amino-alcohol motifs (C(OH)–C–C–N with tert-alkyl or cyclic N) is 1. The van der Waals surface area contributed by atoms with Gasteiger partial charge in [-0.15, -0.1) is 11.3 Å². The van der Waals surface area contributed by atoms with Crippen LogP contribution in [0.25, 0.3) is 10.2 Å². The predicted octanol–water partition coefficient (Wildman–Crippen LogP) is 4.73. The maximum Gasteiger partial charge on any atom is 0.319 e. The normalized spacial score (nSPS) is 18.2. The second-order valence-electron chi connectivity index (χ2n) is 10.6. The number of benzene rings is 1. The number of likely N-dealkylation sites (N-methyl/N-ethyl adjacent to an activating group) is 1. The van der Waals surface area contributed by atoms with Crippen molar-refractivity contribution in [3.63, 3.8) is 0 Å². The summed E-state index contributed by atoms with van der Waals surface area (Å²) in [4.78, 5) is 25.2. The maximum absolute atomic E-state index is 12.2. The first kappa shape index (κ1) is 26.6. The Morgan fingerprint density at radius 1 is 1.25 bits per heavy atom. The van der Waals surface area contributed by atoms with Crippen LogP contribution in [0.2, 0.25) is 5.28 Å². The van der Waals surface area contributed by atoms with Crippen molar-refractivity contribution >= 4 is 50.7 Å². The summed E-state index contributed by atoms with van der Waals surface area (Å²) in [6.45, 7) is 9.55. The molecule has 1 fully saturated rings. The van der Waals surface area contributed by atoms with E-state index in [1.54, 1.807) is 11.3 Å². The molecule has 8 nitrogen and oxygen atoms in total. The van der Waals surface area contributed by atoms with Gasteiger partial charge in [0.15, 0.2) is 5.82 Å². The van der Waals surface area contributed by atoms with E-state index in [0.717, 1.165) is 34.7 Å². The molecule has 0 radical (unpaired) electrons. The predicted molar refractivity (Wildman–Crippen MR) is 148 cm³/mol. The van der Waals surface area contributed by atoms with Crippen molar-refractivity contribution in [1.29, 1.82) is 0 Å². The number of aliphatic hydroxyl groups is 1.